The molecule has 0 aromatic heterocycles. The molecule has 2 nitrogen and oxygen atoms in total. The van der Waals surface area contributed by atoms with Crippen LogP contribution in [-0.2, 0) is 0 Å². The van der Waals surface area contributed by atoms with Gasteiger partial charge < -0.3 is 10.5 Å². The Balaban J connectivity index is 0.00000128. The molecule has 1 aliphatic carbocycles. The Hall–Kier alpha value is -0.800. The minimum absolute atomic E-state index is 0. The Kier molecular flexibility index (Phi) is 4.56. The Bertz CT molecular complexity index is 355. The quantitative estimate of drug-likeness (QED) is 0.888. The summed E-state index contributed by atoms with van der Waals surface area (Å²) in [6, 6.07) is 4.84. The fraction of sp³-hybridized carbons (Fsp3) is 0.500. The summed E-state index contributed by atoms with van der Waals surface area (Å²) in [6.07, 6.45) is 3.51. The van der Waals surface area contributed by atoms with Gasteiger partial charge in [-0.05, 0) is 24.8 Å². The van der Waals surface area contributed by atoms with Crippen LogP contribution < -0.4 is 10.5 Å². The Morgan fingerprint density at radius 2 is 2.12 bits per heavy atom. The lowest BCUT2D eigenvalue weighted by atomic mass is 9.77. The molecular weight excluding hydrogens is 229 g/mol. The maximum Gasteiger partial charge on any atom is 0.165 e. The van der Waals surface area contributed by atoms with Gasteiger partial charge in [0.1, 0.15) is 0 Å². The van der Waals surface area contributed by atoms with E-state index in [-0.39, 0.29) is 24.3 Å². The van der Waals surface area contributed by atoms with Crippen LogP contribution in [0.5, 0.6) is 5.75 Å². The number of hydrogen-bond donors (Lipinski definition) is 1. The van der Waals surface area contributed by atoms with Gasteiger partial charge in [0.05, 0.1) is 7.11 Å². The zero-order valence-corrected chi connectivity index (χ0v) is 10.1. The van der Waals surface area contributed by atoms with Crippen molar-refractivity contribution in [3.63, 3.8) is 0 Å². The third-order valence-corrected chi connectivity index (χ3v) is 3.22. The molecule has 0 radical (unpaired) electrons. The zero-order chi connectivity index (χ0) is 10.8. The van der Waals surface area contributed by atoms with Crippen LogP contribution >= 0.6 is 12.4 Å². The molecule has 1 saturated carbocycles. The first-order valence-corrected chi connectivity index (χ1v) is 5.32. The van der Waals surface area contributed by atoms with E-state index in [4.69, 9.17) is 10.5 Å². The smallest absolute Gasteiger partial charge is 0.165 e. The van der Waals surface area contributed by atoms with Crippen LogP contribution in [0.15, 0.2) is 18.2 Å². The molecule has 16 heavy (non-hydrogen) atoms. The fourth-order valence-electron chi connectivity index (χ4n) is 2.06. The molecule has 1 aliphatic rings. The average Bonchev–Trinajstić information content (AvgIpc) is 2.14. The molecule has 0 aliphatic heterocycles. The Labute approximate surface area is 101 Å². The van der Waals surface area contributed by atoms with E-state index in [1.165, 1.54) is 19.6 Å². The summed E-state index contributed by atoms with van der Waals surface area (Å²) in [7, 11) is 1.48. The lowest BCUT2D eigenvalue weighted by molar-refractivity contribution is 0.258. The molecule has 90 valence electrons. The predicted molar refractivity (Wildman–Crippen MR) is 64.5 cm³/mol. The largest absolute Gasteiger partial charge is 0.493 e. The van der Waals surface area contributed by atoms with Gasteiger partial charge in [-0.1, -0.05) is 18.6 Å². The van der Waals surface area contributed by atoms with Crippen LogP contribution in [0.3, 0.4) is 0 Å². The third kappa shape index (κ3) is 2.30. The molecule has 1 aromatic carbocycles. The molecule has 0 saturated heterocycles. The highest BCUT2D eigenvalue weighted by Gasteiger charge is 2.28. The number of para-hydroxylation sites is 1. The SMILES string of the molecule is COc1c(F)cccc1[C@@H](N)C1CCC1.Cl. The highest BCUT2D eigenvalue weighted by molar-refractivity contribution is 5.85. The van der Waals surface area contributed by atoms with Crippen molar-refractivity contribution in [1.82, 2.24) is 0 Å². The molecule has 1 fully saturated rings. The third-order valence-electron chi connectivity index (χ3n) is 3.22. The summed E-state index contributed by atoms with van der Waals surface area (Å²) in [5.41, 5.74) is 6.89. The van der Waals surface area contributed by atoms with Gasteiger partial charge in [0.15, 0.2) is 11.6 Å². The number of methoxy groups -OCH3 is 1. The molecule has 1 atom stereocenters. The van der Waals surface area contributed by atoms with E-state index in [2.05, 4.69) is 0 Å². The van der Waals surface area contributed by atoms with Crippen LogP contribution in [0.25, 0.3) is 0 Å². The summed E-state index contributed by atoms with van der Waals surface area (Å²) in [4.78, 5) is 0. The van der Waals surface area contributed by atoms with Crippen molar-refractivity contribution in [3.8, 4) is 5.75 Å². The minimum atomic E-state index is -0.329. The zero-order valence-electron chi connectivity index (χ0n) is 9.28. The number of halogens is 2. The van der Waals surface area contributed by atoms with E-state index in [0.717, 1.165) is 18.4 Å². The van der Waals surface area contributed by atoms with Crippen molar-refractivity contribution >= 4 is 12.4 Å². The summed E-state index contributed by atoms with van der Waals surface area (Å²) in [6.45, 7) is 0. The maximum atomic E-state index is 13.4. The van der Waals surface area contributed by atoms with Crippen LogP contribution in [0.2, 0.25) is 0 Å². The van der Waals surface area contributed by atoms with E-state index >= 15 is 0 Å². The second-order valence-electron chi connectivity index (χ2n) is 4.08. The molecule has 2 N–H and O–H groups in total. The molecule has 0 unspecified atom stereocenters. The summed E-state index contributed by atoms with van der Waals surface area (Å²) < 4.78 is 18.5. The fourth-order valence-corrected chi connectivity index (χ4v) is 2.06. The predicted octanol–water partition coefficient (Wildman–Crippen LogP) is 3.06. The second kappa shape index (κ2) is 5.51. The van der Waals surface area contributed by atoms with Crippen LogP contribution in [-0.4, -0.2) is 7.11 Å². The normalized spacial score (nSPS) is 17.2. The average molecular weight is 246 g/mol. The first kappa shape index (κ1) is 13.3. The van der Waals surface area contributed by atoms with Crippen LogP contribution in [0.4, 0.5) is 4.39 Å². The van der Waals surface area contributed by atoms with Crippen molar-refractivity contribution in [3.05, 3.63) is 29.6 Å². The molecular formula is C12H17ClFNO. The molecule has 0 bridgehead atoms. The molecule has 0 spiro atoms. The number of rotatable bonds is 3. The number of hydrogen-bond acceptors (Lipinski definition) is 2. The van der Waals surface area contributed by atoms with Gasteiger partial charge in [-0.15, -0.1) is 12.4 Å². The van der Waals surface area contributed by atoms with E-state index in [9.17, 15) is 4.39 Å². The number of nitrogens with two attached hydrogens (primary N) is 1. The maximum absolute atomic E-state index is 13.4. The van der Waals surface area contributed by atoms with E-state index < -0.39 is 0 Å². The Morgan fingerprint density at radius 3 is 2.62 bits per heavy atom. The first-order valence-electron chi connectivity index (χ1n) is 5.32. The Morgan fingerprint density at radius 1 is 1.44 bits per heavy atom. The van der Waals surface area contributed by atoms with E-state index in [0.29, 0.717) is 11.7 Å². The van der Waals surface area contributed by atoms with Gasteiger partial charge in [0, 0.05) is 11.6 Å². The van der Waals surface area contributed by atoms with Gasteiger partial charge in [-0.3, -0.25) is 0 Å². The van der Waals surface area contributed by atoms with Gasteiger partial charge in [-0.2, -0.15) is 0 Å². The summed E-state index contributed by atoms with van der Waals surface area (Å²) in [5.74, 6) is 0.461. The highest BCUT2D eigenvalue weighted by Crippen LogP contribution is 2.39. The van der Waals surface area contributed by atoms with Crippen LogP contribution in [0, 0.1) is 11.7 Å². The molecule has 4 heteroatoms. The molecule has 1 aromatic rings. The van der Waals surface area contributed by atoms with Crippen molar-refractivity contribution < 1.29 is 9.13 Å². The molecule has 2 rings (SSSR count). The standard InChI is InChI=1S/C12H16FNO.ClH/c1-15-12-9(6-3-7-10(12)13)11(14)8-4-2-5-8;/h3,6-8,11H,2,4-5,14H2,1H3;1H/t11-;/m0./s1. The lowest BCUT2D eigenvalue weighted by Gasteiger charge is -2.32. The second-order valence-corrected chi connectivity index (χ2v) is 4.08. The number of ether oxygens (including phenoxy) is 1. The van der Waals surface area contributed by atoms with Crippen molar-refractivity contribution in [2.24, 2.45) is 11.7 Å². The van der Waals surface area contributed by atoms with Crippen molar-refractivity contribution in [1.29, 1.82) is 0 Å². The molecule has 0 amide bonds. The summed E-state index contributed by atoms with van der Waals surface area (Å²) in [5, 5.41) is 0. The van der Waals surface area contributed by atoms with Gasteiger partial charge in [0.25, 0.3) is 0 Å². The van der Waals surface area contributed by atoms with E-state index in [1.54, 1.807) is 6.07 Å². The minimum Gasteiger partial charge on any atom is -0.493 e. The topological polar surface area (TPSA) is 35.2 Å². The van der Waals surface area contributed by atoms with Crippen molar-refractivity contribution in [2.75, 3.05) is 7.11 Å². The van der Waals surface area contributed by atoms with Crippen molar-refractivity contribution in [2.45, 2.75) is 25.3 Å². The van der Waals surface area contributed by atoms with E-state index in [1.807, 2.05) is 6.07 Å². The van der Waals surface area contributed by atoms with Crippen LogP contribution in [0.1, 0.15) is 30.9 Å². The van der Waals surface area contributed by atoms with Gasteiger partial charge in [0.2, 0.25) is 0 Å². The van der Waals surface area contributed by atoms with Gasteiger partial charge >= 0.3 is 0 Å². The number of benzene rings is 1. The monoisotopic (exact) mass is 245 g/mol. The highest BCUT2D eigenvalue weighted by atomic mass is 35.5. The summed E-state index contributed by atoms with van der Waals surface area (Å²) >= 11 is 0. The first-order chi connectivity index (χ1) is 7.24. The van der Waals surface area contributed by atoms with Gasteiger partial charge in [-0.25, -0.2) is 4.39 Å². The molecule has 0 heterocycles. The lowest BCUT2D eigenvalue weighted by Crippen LogP contribution is -2.27.